The van der Waals surface area contributed by atoms with Crippen LogP contribution in [0.25, 0.3) is 0 Å². The Balaban J connectivity index is 2.94. The van der Waals surface area contributed by atoms with Gasteiger partial charge in [-0.15, -0.1) is 0 Å². The van der Waals surface area contributed by atoms with Crippen LogP contribution in [0.15, 0.2) is 20.7 Å². The summed E-state index contributed by atoms with van der Waals surface area (Å²) in [5, 5.41) is 20.4. The third-order valence-electron chi connectivity index (χ3n) is 2.09. The molecule has 0 atom stereocenters. The van der Waals surface area contributed by atoms with Crippen LogP contribution in [-0.2, 0) is 0 Å². The molecule has 0 amide bonds. The molecule has 0 saturated carbocycles. The molecule has 0 aromatic heterocycles. The van der Waals surface area contributed by atoms with Gasteiger partial charge in [0.05, 0.1) is 13.1 Å². The number of hydrogen-bond acceptors (Lipinski definition) is 6. The number of hydrogen-bond donors (Lipinski definition) is 4. The monoisotopic (exact) mass is 244 g/mol. The first-order valence-electron chi connectivity index (χ1n) is 5.96. The SMILES string of the molecule is NN=NCCCNCCCNCCCN=NN. The molecule has 0 radical (unpaired) electrons. The summed E-state index contributed by atoms with van der Waals surface area (Å²) in [6.07, 6.45) is 3.05. The van der Waals surface area contributed by atoms with Gasteiger partial charge in [-0.2, -0.15) is 10.2 Å². The zero-order chi connectivity index (χ0) is 12.6. The van der Waals surface area contributed by atoms with Crippen LogP contribution in [0.4, 0.5) is 0 Å². The Labute approximate surface area is 102 Å². The van der Waals surface area contributed by atoms with Crippen molar-refractivity contribution in [2.45, 2.75) is 19.3 Å². The van der Waals surface area contributed by atoms with E-state index in [1.807, 2.05) is 0 Å². The molecule has 0 aromatic carbocycles. The van der Waals surface area contributed by atoms with Crippen molar-refractivity contribution >= 4 is 0 Å². The minimum Gasteiger partial charge on any atom is -0.317 e. The maximum absolute atomic E-state index is 4.88. The first-order chi connectivity index (χ1) is 8.41. The summed E-state index contributed by atoms with van der Waals surface area (Å²) in [4.78, 5) is 0. The molecule has 0 aliphatic carbocycles. The van der Waals surface area contributed by atoms with Crippen LogP contribution in [0.3, 0.4) is 0 Å². The molecule has 0 rings (SSSR count). The van der Waals surface area contributed by atoms with Gasteiger partial charge >= 0.3 is 0 Å². The van der Waals surface area contributed by atoms with E-state index < -0.39 is 0 Å². The Morgan fingerprint density at radius 3 is 1.47 bits per heavy atom. The highest BCUT2D eigenvalue weighted by Crippen LogP contribution is 1.82. The van der Waals surface area contributed by atoms with Gasteiger partial charge in [-0.05, 0) is 45.4 Å². The van der Waals surface area contributed by atoms with Gasteiger partial charge in [-0.3, -0.25) is 0 Å². The Hall–Kier alpha value is -1.28. The third-order valence-corrected chi connectivity index (χ3v) is 2.09. The molecule has 0 aliphatic rings. The van der Waals surface area contributed by atoms with Gasteiger partial charge in [0.1, 0.15) is 0 Å². The van der Waals surface area contributed by atoms with Gasteiger partial charge in [0.25, 0.3) is 0 Å². The molecule has 0 fully saturated rings. The van der Waals surface area contributed by atoms with Crippen molar-refractivity contribution in [2.75, 3.05) is 39.3 Å². The highest BCUT2D eigenvalue weighted by Gasteiger charge is 1.90. The second kappa shape index (κ2) is 14.7. The van der Waals surface area contributed by atoms with E-state index in [2.05, 4.69) is 31.3 Å². The van der Waals surface area contributed by atoms with Crippen molar-refractivity contribution in [3.8, 4) is 0 Å². The van der Waals surface area contributed by atoms with Crippen LogP contribution >= 0.6 is 0 Å². The Morgan fingerprint density at radius 2 is 1.06 bits per heavy atom. The zero-order valence-corrected chi connectivity index (χ0v) is 10.3. The van der Waals surface area contributed by atoms with E-state index in [0.717, 1.165) is 45.4 Å². The average Bonchev–Trinajstić information content (AvgIpc) is 2.35. The third kappa shape index (κ3) is 14.7. The molecule has 8 heteroatoms. The highest BCUT2D eigenvalue weighted by molar-refractivity contribution is 4.53. The molecule has 0 aliphatic heterocycles. The molecule has 0 aromatic rings. The van der Waals surface area contributed by atoms with Gasteiger partial charge in [0.2, 0.25) is 0 Å². The fourth-order valence-electron chi connectivity index (χ4n) is 1.25. The van der Waals surface area contributed by atoms with Gasteiger partial charge in [0.15, 0.2) is 0 Å². The summed E-state index contributed by atoms with van der Waals surface area (Å²) in [5.41, 5.74) is 0. The minimum absolute atomic E-state index is 0.692. The van der Waals surface area contributed by atoms with Crippen LogP contribution in [0.1, 0.15) is 19.3 Å². The zero-order valence-electron chi connectivity index (χ0n) is 10.3. The lowest BCUT2D eigenvalue weighted by Crippen LogP contribution is -2.23. The molecule has 17 heavy (non-hydrogen) atoms. The standard InChI is InChI=1S/C9H24N8/c10-16-14-8-2-6-12-4-1-5-13-7-3-9-15-17-11/h12-13H,1-9H2,(H2,10,14)(H2,11,15). The fourth-order valence-corrected chi connectivity index (χ4v) is 1.25. The molecule has 0 heterocycles. The van der Waals surface area contributed by atoms with Crippen LogP contribution in [0.5, 0.6) is 0 Å². The number of nitrogens with two attached hydrogens (primary N) is 2. The topological polar surface area (TPSA) is 126 Å². The van der Waals surface area contributed by atoms with Crippen LogP contribution in [0.2, 0.25) is 0 Å². The lowest BCUT2D eigenvalue weighted by atomic mass is 10.3. The van der Waals surface area contributed by atoms with Crippen molar-refractivity contribution in [3.63, 3.8) is 0 Å². The van der Waals surface area contributed by atoms with Crippen molar-refractivity contribution in [1.29, 1.82) is 0 Å². The van der Waals surface area contributed by atoms with Gasteiger partial charge in [-0.25, -0.2) is 0 Å². The van der Waals surface area contributed by atoms with E-state index in [0.29, 0.717) is 13.1 Å². The smallest absolute Gasteiger partial charge is 0.0632 e. The van der Waals surface area contributed by atoms with E-state index in [1.54, 1.807) is 0 Å². The molecule has 0 bridgehead atoms. The van der Waals surface area contributed by atoms with Crippen molar-refractivity contribution in [1.82, 2.24) is 10.6 Å². The summed E-state index contributed by atoms with van der Waals surface area (Å²) in [6.45, 7) is 5.31. The predicted octanol–water partition coefficient (Wildman–Crippen LogP) is -0.0123. The number of nitrogens with one attached hydrogen (secondary N) is 2. The lowest BCUT2D eigenvalue weighted by molar-refractivity contribution is 0.575. The van der Waals surface area contributed by atoms with Gasteiger partial charge in [-0.1, -0.05) is 10.4 Å². The predicted molar refractivity (Wildman–Crippen MR) is 67.4 cm³/mol. The van der Waals surface area contributed by atoms with Crippen LogP contribution < -0.4 is 22.3 Å². The van der Waals surface area contributed by atoms with E-state index >= 15 is 0 Å². The van der Waals surface area contributed by atoms with E-state index in [4.69, 9.17) is 11.7 Å². The molecular weight excluding hydrogens is 220 g/mol. The average molecular weight is 244 g/mol. The second-order valence-corrected chi connectivity index (χ2v) is 3.52. The molecule has 8 nitrogen and oxygen atoms in total. The fraction of sp³-hybridized carbons (Fsp3) is 1.00. The van der Waals surface area contributed by atoms with Gasteiger partial charge in [0, 0.05) is 0 Å². The van der Waals surface area contributed by atoms with Crippen molar-refractivity contribution in [2.24, 2.45) is 32.4 Å². The number of nitrogens with zero attached hydrogens (tertiary/aromatic N) is 4. The maximum atomic E-state index is 4.88. The number of rotatable bonds is 12. The second-order valence-electron chi connectivity index (χ2n) is 3.52. The summed E-state index contributed by atoms with van der Waals surface area (Å²) >= 11 is 0. The van der Waals surface area contributed by atoms with E-state index in [9.17, 15) is 0 Å². The van der Waals surface area contributed by atoms with Gasteiger partial charge < -0.3 is 22.3 Å². The Morgan fingerprint density at radius 1 is 0.647 bits per heavy atom. The largest absolute Gasteiger partial charge is 0.317 e. The molecule has 0 unspecified atom stereocenters. The van der Waals surface area contributed by atoms with E-state index in [1.165, 1.54) is 0 Å². The summed E-state index contributed by atoms with van der Waals surface area (Å²) < 4.78 is 0. The molecule has 100 valence electrons. The summed E-state index contributed by atoms with van der Waals surface area (Å²) in [6, 6.07) is 0. The Bertz CT molecular complexity index is 173. The molecule has 6 N–H and O–H groups in total. The summed E-state index contributed by atoms with van der Waals surface area (Å²) in [5.74, 6) is 9.76. The van der Waals surface area contributed by atoms with E-state index in [-0.39, 0.29) is 0 Å². The minimum atomic E-state index is 0.692. The maximum Gasteiger partial charge on any atom is 0.0632 e. The van der Waals surface area contributed by atoms with Crippen molar-refractivity contribution < 1.29 is 0 Å². The molecule has 0 spiro atoms. The van der Waals surface area contributed by atoms with Crippen LogP contribution in [-0.4, -0.2) is 39.3 Å². The van der Waals surface area contributed by atoms with Crippen LogP contribution in [0, 0.1) is 0 Å². The molecule has 0 saturated heterocycles. The summed E-state index contributed by atoms with van der Waals surface area (Å²) in [7, 11) is 0. The normalized spacial score (nSPS) is 11.8. The quantitative estimate of drug-likeness (QED) is 0.167. The first-order valence-corrected chi connectivity index (χ1v) is 5.96. The highest BCUT2D eigenvalue weighted by atomic mass is 15.3. The Kier molecular flexibility index (Phi) is 13.6. The molecular formula is C9H24N8. The first kappa shape index (κ1) is 15.7. The lowest BCUT2D eigenvalue weighted by Gasteiger charge is -2.04. The van der Waals surface area contributed by atoms with Crippen molar-refractivity contribution in [3.05, 3.63) is 0 Å².